The average molecular weight is 466 g/mol. The molecule has 34 heavy (non-hydrogen) atoms. The first kappa shape index (κ1) is 22.6. The van der Waals surface area contributed by atoms with Crippen LogP contribution in [0.3, 0.4) is 0 Å². The van der Waals surface area contributed by atoms with Crippen molar-refractivity contribution in [2.75, 3.05) is 13.1 Å². The van der Waals surface area contributed by atoms with Gasteiger partial charge in [0.05, 0.1) is 6.04 Å². The topological polar surface area (TPSA) is 27.3 Å². The van der Waals surface area contributed by atoms with Crippen molar-refractivity contribution in [2.24, 2.45) is 0 Å². The van der Waals surface area contributed by atoms with E-state index in [1.165, 1.54) is 50.2 Å². The summed E-state index contributed by atoms with van der Waals surface area (Å²) in [5, 5.41) is 7.74. The number of benzene rings is 3. The fourth-order valence-electron chi connectivity index (χ4n) is 4.75. The van der Waals surface area contributed by atoms with Gasteiger partial charge in [-0.3, -0.25) is 4.90 Å². The third kappa shape index (κ3) is 4.98. The van der Waals surface area contributed by atoms with Gasteiger partial charge >= 0.3 is 0 Å². The molecule has 2 aliphatic heterocycles. The Hall–Kier alpha value is -3.21. The van der Waals surface area contributed by atoms with E-state index in [9.17, 15) is 0 Å². The van der Waals surface area contributed by atoms with Crippen LogP contribution in [0.4, 0.5) is 0 Å². The highest BCUT2D eigenvalue weighted by Gasteiger charge is 2.33. The van der Waals surface area contributed by atoms with Crippen LogP contribution in [0.5, 0.6) is 0 Å². The van der Waals surface area contributed by atoms with Gasteiger partial charge in [0.25, 0.3) is 0 Å². The molecule has 2 heterocycles. The van der Waals surface area contributed by atoms with Crippen LogP contribution < -0.4 is 10.6 Å². The fourth-order valence-corrected chi connectivity index (χ4v) is 4.97. The van der Waals surface area contributed by atoms with E-state index < -0.39 is 0 Å². The molecule has 0 amide bonds. The number of hydrogen-bond acceptors (Lipinski definition) is 2. The maximum Gasteiger partial charge on any atom is 0.171 e. The number of rotatable bonds is 4. The molecule has 1 unspecified atom stereocenters. The van der Waals surface area contributed by atoms with Crippen LogP contribution in [-0.4, -0.2) is 23.1 Å². The van der Waals surface area contributed by atoms with Crippen molar-refractivity contribution in [3.8, 4) is 0 Å². The van der Waals surface area contributed by atoms with E-state index in [1.807, 2.05) is 0 Å². The van der Waals surface area contributed by atoms with Gasteiger partial charge in [0.2, 0.25) is 0 Å². The van der Waals surface area contributed by atoms with Crippen LogP contribution in [0.2, 0.25) is 0 Å². The Kier molecular flexibility index (Phi) is 6.36. The number of thiocarbonyl (C=S) groups is 1. The predicted molar refractivity (Wildman–Crippen MR) is 145 cm³/mol. The summed E-state index contributed by atoms with van der Waals surface area (Å²) in [6.45, 7) is 9.06. The van der Waals surface area contributed by atoms with Crippen molar-refractivity contribution in [1.82, 2.24) is 15.5 Å². The van der Waals surface area contributed by atoms with Gasteiger partial charge < -0.3 is 10.6 Å². The second kappa shape index (κ2) is 9.57. The third-order valence-electron chi connectivity index (χ3n) is 6.65. The highest BCUT2D eigenvalue weighted by Crippen LogP contribution is 2.35. The number of hydrogen-bond donors (Lipinski definition) is 2. The summed E-state index contributed by atoms with van der Waals surface area (Å²) in [5.74, 6) is 0. The monoisotopic (exact) mass is 465 g/mol. The Morgan fingerprint density at radius 2 is 1.41 bits per heavy atom. The maximum atomic E-state index is 5.66. The van der Waals surface area contributed by atoms with Gasteiger partial charge in [0.15, 0.2) is 5.11 Å². The van der Waals surface area contributed by atoms with Gasteiger partial charge in [0, 0.05) is 25.3 Å². The Balaban J connectivity index is 1.56. The molecular formula is C30H31N3S. The molecule has 0 saturated heterocycles. The van der Waals surface area contributed by atoms with E-state index >= 15 is 0 Å². The molecule has 2 N–H and O–H groups in total. The van der Waals surface area contributed by atoms with Crippen molar-refractivity contribution in [3.05, 3.63) is 123 Å². The number of nitrogens with zero attached hydrogens (tertiary/aromatic N) is 1. The summed E-state index contributed by atoms with van der Waals surface area (Å²) >= 11 is 5.66. The summed E-state index contributed by atoms with van der Waals surface area (Å²) in [6, 6.07) is 26.5. The first-order valence-corrected chi connectivity index (χ1v) is 12.3. The molecule has 3 aromatic rings. The van der Waals surface area contributed by atoms with E-state index in [0.29, 0.717) is 5.11 Å². The highest BCUT2D eigenvalue weighted by molar-refractivity contribution is 7.80. The zero-order chi connectivity index (χ0) is 23.7. The van der Waals surface area contributed by atoms with Gasteiger partial charge in [-0.2, -0.15) is 0 Å². The molecular weight excluding hydrogens is 434 g/mol. The SMILES string of the molecule is Cc1ccc(/C=C2\CN(Cc3ccc(C)cc3)CC3=C2NC(=S)NC3c2ccc(C)cc2)cc1. The van der Waals surface area contributed by atoms with E-state index in [1.54, 1.807) is 0 Å². The van der Waals surface area contributed by atoms with E-state index in [4.69, 9.17) is 12.2 Å². The van der Waals surface area contributed by atoms with Crippen LogP contribution in [-0.2, 0) is 6.54 Å². The molecule has 3 nitrogen and oxygen atoms in total. The lowest BCUT2D eigenvalue weighted by atomic mass is 9.88. The summed E-state index contributed by atoms with van der Waals surface area (Å²) in [5.41, 5.74) is 11.4. The Labute approximate surface area is 208 Å². The maximum absolute atomic E-state index is 5.66. The van der Waals surface area contributed by atoms with Gasteiger partial charge in [-0.1, -0.05) is 89.5 Å². The first-order chi connectivity index (χ1) is 16.4. The molecule has 172 valence electrons. The predicted octanol–water partition coefficient (Wildman–Crippen LogP) is 5.98. The minimum atomic E-state index is 0.0617. The molecule has 5 rings (SSSR count). The van der Waals surface area contributed by atoms with Crippen LogP contribution in [0.15, 0.2) is 89.6 Å². The van der Waals surface area contributed by atoms with Crippen LogP contribution in [0, 0.1) is 20.8 Å². The Bertz CT molecular complexity index is 1250. The summed E-state index contributed by atoms with van der Waals surface area (Å²) < 4.78 is 0. The van der Waals surface area contributed by atoms with Crippen molar-refractivity contribution < 1.29 is 0 Å². The lowest BCUT2D eigenvalue weighted by Gasteiger charge is -2.40. The molecule has 0 spiro atoms. The smallest absolute Gasteiger partial charge is 0.171 e. The first-order valence-electron chi connectivity index (χ1n) is 11.9. The molecule has 0 saturated carbocycles. The van der Waals surface area contributed by atoms with Crippen LogP contribution in [0.1, 0.15) is 39.4 Å². The van der Waals surface area contributed by atoms with E-state index in [2.05, 4.69) is 115 Å². The van der Waals surface area contributed by atoms with Crippen molar-refractivity contribution in [3.63, 3.8) is 0 Å². The van der Waals surface area contributed by atoms with Crippen molar-refractivity contribution in [2.45, 2.75) is 33.4 Å². The zero-order valence-corrected chi connectivity index (χ0v) is 20.9. The molecule has 0 radical (unpaired) electrons. The molecule has 3 aromatic carbocycles. The quantitative estimate of drug-likeness (QED) is 0.463. The third-order valence-corrected chi connectivity index (χ3v) is 6.87. The molecule has 0 aromatic heterocycles. The second-order valence-electron chi connectivity index (χ2n) is 9.55. The van der Waals surface area contributed by atoms with Crippen molar-refractivity contribution >= 4 is 23.4 Å². The molecule has 4 heteroatoms. The van der Waals surface area contributed by atoms with Gasteiger partial charge in [0.1, 0.15) is 0 Å². The summed E-state index contributed by atoms with van der Waals surface area (Å²) in [4.78, 5) is 2.53. The Morgan fingerprint density at radius 3 is 2.06 bits per heavy atom. The lowest BCUT2D eigenvalue weighted by molar-refractivity contribution is 0.292. The number of nitrogens with one attached hydrogen (secondary N) is 2. The molecule has 1 atom stereocenters. The van der Waals surface area contributed by atoms with Crippen molar-refractivity contribution in [1.29, 1.82) is 0 Å². The van der Waals surface area contributed by atoms with Gasteiger partial charge in [-0.05, 0) is 66.9 Å². The summed E-state index contributed by atoms with van der Waals surface area (Å²) in [6.07, 6.45) is 2.31. The molecule has 2 aliphatic rings. The molecule has 0 bridgehead atoms. The average Bonchev–Trinajstić information content (AvgIpc) is 2.83. The largest absolute Gasteiger partial charge is 0.352 e. The standard InChI is InChI=1S/C30H31N3S/c1-20-4-10-23(11-5-20)16-26-18-33(17-24-12-6-21(2)7-13-24)19-27-28(31-30(34)32-29(26)27)25-14-8-22(3)9-15-25/h4-16,28H,17-19H2,1-3H3,(H2,31,32,34)/b26-16+. The molecule has 0 aliphatic carbocycles. The fraction of sp³-hybridized carbons (Fsp3) is 0.233. The normalized spacial score (nSPS) is 19.6. The zero-order valence-electron chi connectivity index (χ0n) is 20.1. The van der Waals surface area contributed by atoms with Crippen LogP contribution in [0.25, 0.3) is 6.08 Å². The van der Waals surface area contributed by atoms with E-state index in [0.717, 1.165) is 19.6 Å². The Morgan fingerprint density at radius 1 is 0.824 bits per heavy atom. The minimum absolute atomic E-state index is 0.0617. The highest BCUT2D eigenvalue weighted by atomic mass is 32.1. The second-order valence-corrected chi connectivity index (χ2v) is 9.96. The van der Waals surface area contributed by atoms with E-state index in [-0.39, 0.29) is 6.04 Å². The van der Waals surface area contributed by atoms with Crippen LogP contribution >= 0.6 is 12.2 Å². The van der Waals surface area contributed by atoms with Gasteiger partial charge in [-0.15, -0.1) is 0 Å². The minimum Gasteiger partial charge on any atom is -0.352 e. The summed E-state index contributed by atoms with van der Waals surface area (Å²) in [7, 11) is 0. The molecule has 0 fully saturated rings. The lowest BCUT2D eigenvalue weighted by Crippen LogP contribution is -2.49. The van der Waals surface area contributed by atoms with Gasteiger partial charge in [-0.25, -0.2) is 0 Å². The number of aryl methyl sites for hydroxylation is 3.